The molecule has 0 bridgehead atoms. The molecule has 2 aromatic heterocycles. The number of para-hydroxylation sites is 1. The lowest BCUT2D eigenvalue weighted by molar-refractivity contribution is -0.124. The van der Waals surface area contributed by atoms with Crippen LogP contribution in [0.1, 0.15) is 59.8 Å². The second kappa shape index (κ2) is 9.43. The lowest BCUT2D eigenvalue weighted by Crippen LogP contribution is -2.28. The molecule has 2 aromatic carbocycles. The van der Waals surface area contributed by atoms with E-state index in [4.69, 9.17) is 9.72 Å². The molecule has 1 atom stereocenters. The molecule has 1 saturated heterocycles. The van der Waals surface area contributed by atoms with Crippen molar-refractivity contribution in [2.45, 2.75) is 50.5 Å². The minimum Gasteiger partial charge on any atom is -0.368 e. The monoisotopic (exact) mass is 485 g/mol. The van der Waals surface area contributed by atoms with E-state index in [1.54, 1.807) is 6.07 Å². The Hall–Kier alpha value is -3.65. The molecule has 2 aliphatic rings. The number of anilines is 1. The van der Waals surface area contributed by atoms with E-state index in [1.807, 2.05) is 37.5 Å². The van der Waals surface area contributed by atoms with Gasteiger partial charge in [0.2, 0.25) is 0 Å². The molecule has 8 heteroatoms. The predicted molar refractivity (Wildman–Crippen MR) is 139 cm³/mol. The third-order valence-electron chi connectivity index (χ3n) is 7.57. The number of nitrogens with zero attached hydrogens (tertiary/aromatic N) is 2. The first-order valence-corrected chi connectivity index (χ1v) is 12.8. The fourth-order valence-corrected chi connectivity index (χ4v) is 5.38. The van der Waals surface area contributed by atoms with Gasteiger partial charge in [-0.05, 0) is 55.9 Å². The van der Waals surface area contributed by atoms with Crippen molar-refractivity contribution in [1.82, 2.24) is 19.9 Å². The summed E-state index contributed by atoms with van der Waals surface area (Å²) in [7, 11) is 1.99. The Labute approximate surface area is 209 Å². The zero-order chi connectivity index (χ0) is 24.6. The second-order valence-electron chi connectivity index (χ2n) is 9.90. The van der Waals surface area contributed by atoms with Gasteiger partial charge in [-0.1, -0.05) is 24.6 Å². The number of aryl methyl sites for hydroxylation is 1. The van der Waals surface area contributed by atoms with Crippen molar-refractivity contribution in [3.05, 3.63) is 59.5 Å². The van der Waals surface area contributed by atoms with Crippen LogP contribution in [0.2, 0.25) is 0 Å². The summed E-state index contributed by atoms with van der Waals surface area (Å²) < 4.78 is 7.65. The summed E-state index contributed by atoms with van der Waals surface area (Å²) in [6.45, 7) is 1.11. The first-order chi connectivity index (χ1) is 17.6. The molecule has 4 aromatic rings. The third kappa shape index (κ3) is 4.15. The van der Waals surface area contributed by atoms with Crippen LogP contribution in [-0.2, 0) is 23.0 Å². The summed E-state index contributed by atoms with van der Waals surface area (Å²) in [5.74, 6) is 1.09. The number of aromatic amines is 1. The maximum absolute atomic E-state index is 13.2. The highest BCUT2D eigenvalue weighted by atomic mass is 16.5. The molecule has 3 N–H and O–H groups in total. The molecule has 0 spiro atoms. The maximum atomic E-state index is 13.2. The van der Waals surface area contributed by atoms with Crippen molar-refractivity contribution in [2.24, 2.45) is 7.05 Å². The van der Waals surface area contributed by atoms with Gasteiger partial charge in [0.15, 0.2) is 0 Å². The quantitative estimate of drug-likeness (QED) is 0.361. The van der Waals surface area contributed by atoms with Gasteiger partial charge in [-0.25, -0.2) is 4.98 Å². The Kier molecular flexibility index (Phi) is 5.97. The first kappa shape index (κ1) is 22.8. The molecule has 8 nitrogen and oxygen atoms in total. The van der Waals surface area contributed by atoms with Gasteiger partial charge in [-0.3, -0.25) is 9.59 Å². The van der Waals surface area contributed by atoms with Crippen LogP contribution in [0.4, 0.5) is 5.69 Å². The molecule has 0 radical (unpaired) electrons. The molecular weight excluding hydrogens is 454 g/mol. The highest BCUT2D eigenvalue weighted by molar-refractivity contribution is 6.06. The number of hydrogen-bond donors (Lipinski definition) is 3. The minimum absolute atomic E-state index is 0.169. The normalized spacial score (nSPS) is 18.0. The van der Waals surface area contributed by atoms with Gasteiger partial charge >= 0.3 is 0 Å². The topological polar surface area (TPSA) is 101 Å². The van der Waals surface area contributed by atoms with E-state index in [0.29, 0.717) is 36.7 Å². The van der Waals surface area contributed by atoms with Crippen LogP contribution in [0, 0.1) is 0 Å². The summed E-state index contributed by atoms with van der Waals surface area (Å²) in [6.07, 6.45) is 7.30. The predicted octanol–water partition coefficient (Wildman–Crippen LogP) is 4.41. The van der Waals surface area contributed by atoms with Crippen LogP contribution in [-0.4, -0.2) is 45.6 Å². The molecule has 1 aliphatic heterocycles. The van der Waals surface area contributed by atoms with Gasteiger partial charge < -0.3 is 24.9 Å². The molecule has 1 saturated carbocycles. The molecule has 3 heterocycles. The number of aromatic nitrogens is 3. The van der Waals surface area contributed by atoms with Gasteiger partial charge in [0.25, 0.3) is 11.8 Å². The molecule has 2 amide bonds. The highest BCUT2D eigenvalue weighted by Crippen LogP contribution is 2.38. The summed E-state index contributed by atoms with van der Waals surface area (Å²) in [5.41, 5.74) is 4.93. The van der Waals surface area contributed by atoms with Crippen molar-refractivity contribution in [3.63, 3.8) is 0 Å². The number of benzene rings is 2. The van der Waals surface area contributed by atoms with E-state index in [-0.39, 0.29) is 11.8 Å². The number of ether oxygens (including phenoxy) is 1. The second-order valence-corrected chi connectivity index (χ2v) is 9.90. The fourth-order valence-electron chi connectivity index (χ4n) is 5.38. The summed E-state index contributed by atoms with van der Waals surface area (Å²) >= 11 is 0. The van der Waals surface area contributed by atoms with E-state index in [0.717, 1.165) is 48.1 Å². The van der Waals surface area contributed by atoms with Crippen molar-refractivity contribution in [2.75, 3.05) is 18.5 Å². The van der Waals surface area contributed by atoms with Gasteiger partial charge in [0, 0.05) is 48.8 Å². The fraction of sp³-hybridized carbons (Fsp3) is 0.393. The molecule has 36 heavy (non-hydrogen) atoms. The van der Waals surface area contributed by atoms with Crippen molar-refractivity contribution >= 4 is 39.4 Å². The smallest absolute Gasteiger partial charge is 0.253 e. The minimum atomic E-state index is -0.451. The number of rotatable bonds is 7. The van der Waals surface area contributed by atoms with E-state index < -0.39 is 6.10 Å². The Balaban J connectivity index is 1.25. The van der Waals surface area contributed by atoms with Crippen LogP contribution < -0.4 is 10.6 Å². The molecule has 0 unspecified atom stereocenters. The van der Waals surface area contributed by atoms with Crippen LogP contribution >= 0.6 is 0 Å². The van der Waals surface area contributed by atoms with Crippen LogP contribution in [0.15, 0.2) is 42.6 Å². The third-order valence-corrected chi connectivity index (χ3v) is 7.57. The molecule has 1 aliphatic carbocycles. The molecule has 6 rings (SSSR count). The zero-order valence-electron chi connectivity index (χ0n) is 20.5. The largest absolute Gasteiger partial charge is 0.368 e. The van der Waals surface area contributed by atoms with Crippen LogP contribution in [0.5, 0.6) is 0 Å². The average molecular weight is 486 g/mol. The van der Waals surface area contributed by atoms with Crippen molar-refractivity contribution in [1.29, 1.82) is 0 Å². The standard InChI is InChI=1S/C28H31N5O3/c1-33-25-22(31-26(33)17-6-4-7-17)14-19(15-23(25)32-28(35)24-10-5-13-36-24)27(34)29-12-11-18-16-30-21-9-3-2-8-20(18)21/h2-3,8-9,14-17,24,30H,4-7,10-13H2,1H3,(H,29,34)(H,32,35)/t24-/m0/s1. The number of carbonyl (C=O) groups is 2. The Morgan fingerprint density at radius 3 is 2.81 bits per heavy atom. The molecule has 186 valence electrons. The first-order valence-electron chi connectivity index (χ1n) is 12.8. The zero-order valence-corrected chi connectivity index (χ0v) is 20.5. The van der Waals surface area contributed by atoms with Gasteiger partial charge in [0.1, 0.15) is 11.9 Å². The number of H-pyrrole nitrogens is 1. The number of fused-ring (bicyclic) bond motifs is 2. The van der Waals surface area contributed by atoms with Crippen molar-refractivity contribution in [3.8, 4) is 0 Å². The Morgan fingerprint density at radius 1 is 1.17 bits per heavy atom. The number of imidazole rings is 1. The van der Waals surface area contributed by atoms with E-state index >= 15 is 0 Å². The van der Waals surface area contributed by atoms with E-state index in [1.165, 1.54) is 17.4 Å². The summed E-state index contributed by atoms with van der Waals surface area (Å²) in [5, 5.41) is 7.26. The van der Waals surface area contributed by atoms with Gasteiger partial charge in [0.05, 0.1) is 16.7 Å². The van der Waals surface area contributed by atoms with E-state index in [9.17, 15) is 9.59 Å². The highest BCUT2D eigenvalue weighted by Gasteiger charge is 2.28. The molecular formula is C28H31N5O3. The average Bonchev–Trinajstić information content (AvgIpc) is 3.58. The lowest BCUT2D eigenvalue weighted by atomic mass is 9.85. The van der Waals surface area contributed by atoms with Crippen LogP contribution in [0.25, 0.3) is 21.9 Å². The van der Waals surface area contributed by atoms with Crippen molar-refractivity contribution < 1.29 is 14.3 Å². The summed E-state index contributed by atoms with van der Waals surface area (Å²) in [6, 6.07) is 11.8. The van der Waals surface area contributed by atoms with Crippen LogP contribution in [0.3, 0.4) is 0 Å². The van der Waals surface area contributed by atoms with E-state index in [2.05, 4.69) is 26.3 Å². The number of nitrogens with one attached hydrogen (secondary N) is 3. The molecule has 2 fully saturated rings. The Bertz CT molecular complexity index is 1440. The number of amides is 2. The summed E-state index contributed by atoms with van der Waals surface area (Å²) in [4.78, 5) is 34.3. The SMILES string of the molecule is Cn1c(C2CCC2)nc2cc(C(=O)NCCc3c[nH]c4ccccc34)cc(NC(=O)[C@@H]3CCCO3)c21. The number of carbonyl (C=O) groups excluding carboxylic acids is 2. The van der Waals surface area contributed by atoms with Gasteiger partial charge in [-0.15, -0.1) is 0 Å². The maximum Gasteiger partial charge on any atom is 0.253 e. The Morgan fingerprint density at radius 2 is 2.03 bits per heavy atom. The lowest BCUT2D eigenvalue weighted by Gasteiger charge is -2.24. The van der Waals surface area contributed by atoms with Gasteiger partial charge in [-0.2, -0.15) is 0 Å². The number of hydrogen-bond acceptors (Lipinski definition) is 4.